The summed E-state index contributed by atoms with van der Waals surface area (Å²) in [5.41, 5.74) is 0.455. The number of aromatic amines is 2. The van der Waals surface area contributed by atoms with Gasteiger partial charge in [0.1, 0.15) is 5.69 Å². The van der Waals surface area contributed by atoms with Crippen molar-refractivity contribution in [3.63, 3.8) is 0 Å². The molecule has 2 aliphatic carbocycles. The summed E-state index contributed by atoms with van der Waals surface area (Å²) in [6.45, 7) is 0. The van der Waals surface area contributed by atoms with Crippen molar-refractivity contribution < 1.29 is 13.9 Å². The zero-order valence-corrected chi connectivity index (χ0v) is 15.9. The molecule has 0 unspecified atom stereocenters. The van der Waals surface area contributed by atoms with Crippen LogP contribution in [0.5, 0.6) is 5.88 Å². The normalized spacial score (nSPS) is 20.9. The summed E-state index contributed by atoms with van der Waals surface area (Å²) in [4.78, 5) is 29.7. The average Bonchev–Trinajstić information content (AvgIpc) is 3.32. The molecule has 2 saturated carbocycles. The largest absolute Gasteiger partial charge is 0.493 e. The molecule has 0 spiro atoms. The van der Waals surface area contributed by atoms with Crippen LogP contribution in [0.3, 0.4) is 0 Å². The van der Waals surface area contributed by atoms with E-state index in [0.29, 0.717) is 35.3 Å². The van der Waals surface area contributed by atoms with Crippen LogP contribution < -0.4 is 21.8 Å². The Morgan fingerprint density at radius 3 is 2.67 bits per heavy atom. The predicted molar refractivity (Wildman–Crippen MR) is 102 cm³/mol. The summed E-state index contributed by atoms with van der Waals surface area (Å²) in [5.74, 6) is -2.62. The SMILES string of the molecule is O=c1[nH]c(O)c(/C=c2\cnn3c(=NC4CC4)nc(NC4CCC(F)(F)CC4)nc23)[nH]1. The molecule has 30 heavy (non-hydrogen) atoms. The summed E-state index contributed by atoms with van der Waals surface area (Å²) < 4.78 is 28.4. The van der Waals surface area contributed by atoms with Crippen LogP contribution in [0.15, 0.2) is 16.0 Å². The maximum atomic E-state index is 13.5. The first-order chi connectivity index (χ1) is 14.4. The minimum absolute atomic E-state index is 0.152. The maximum Gasteiger partial charge on any atom is 0.326 e. The van der Waals surface area contributed by atoms with E-state index in [4.69, 9.17) is 0 Å². The Labute approximate surface area is 167 Å². The number of halogens is 2. The predicted octanol–water partition coefficient (Wildman–Crippen LogP) is 0.447. The monoisotopic (exact) mass is 418 g/mol. The van der Waals surface area contributed by atoms with Crippen molar-refractivity contribution in [2.45, 2.75) is 56.5 Å². The Kier molecular flexibility index (Phi) is 4.29. The fourth-order valence-electron chi connectivity index (χ4n) is 3.51. The molecular formula is C18H20F2N8O2. The molecule has 0 saturated heterocycles. The van der Waals surface area contributed by atoms with Gasteiger partial charge in [-0.15, -0.1) is 0 Å². The van der Waals surface area contributed by atoms with Crippen LogP contribution in [0.1, 0.15) is 44.2 Å². The van der Waals surface area contributed by atoms with Gasteiger partial charge in [0.15, 0.2) is 5.65 Å². The molecule has 5 rings (SSSR count). The van der Waals surface area contributed by atoms with E-state index in [1.54, 1.807) is 0 Å². The lowest BCUT2D eigenvalue weighted by molar-refractivity contribution is -0.0361. The van der Waals surface area contributed by atoms with Gasteiger partial charge in [-0.05, 0) is 31.8 Å². The summed E-state index contributed by atoms with van der Waals surface area (Å²) >= 11 is 0. The lowest BCUT2D eigenvalue weighted by Gasteiger charge is -2.28. The number of H-pyrrole nitrogens is 2. The molecule has 0 aromatic carbocycles. The van der Waals surface area contributed by atoms with Gasteiger partial charge in [-0.25, -0.2) is 18.6 Å². The highest BCUT2D eigenvalue weighted by Crippen LogP contribution is 2.33. The average molecular weight is 418 g/mol. The van der Waals surface area contributed by atoms with Gasteiger partial charge < -0.3 is 15.4 Å². The second kappa shape index (κ2) is 6.89. The summed E-state index contributed by atoms with van der Waals surface area (Å²) in [5, 5.41) is 17.8. The van der Waals surface area contributed by atoms with Crippen LogP contribution in [0.25, 0.3) is 11.7 Å². The van der Waals surface area contributed by atoms with Crippen LogP contribution in [0.4, 0.5) is 14.7 Å². The molecule has 158 valence electrons. The Morgan fingerprint density at radius 2 is 2.00 bits per heavy atom. The van der Waals surface area contributed by atoms with Crippen LogP contribution in [0, 0.1) is 0 Å². The van der Waals surface area contributed by atoms with Gasteiger partial charge in [-0.1, -0.05) is 0 Å². The summed E-state index contributed by atoms with van der Waals surface area (Å²) in [6, 6.07) is 0.0345. The molecule has 4 N–H and O–H groups in total. The number of aromatic nitrogens is 6. The quantitative estimate of drug-likeness (QED) is 0.486. The van der Waals surface area contributed by atoms with Gasteiger partial charge in [-0.2, -0.15) is 19.6 Å². The molecule has 0 amide bonds. The molecule has 3 aromatic heterocycles. The minimum atomic E-state index is -2.61. The number of fused-ring (bicyclic) bond motifs is 1. The van der Waals surface area contributed by atoms with Crippen molar-refractivity contribution in [2.75, 3.05) is 5.32 Å². The molecule has 10 nitrogen and oxygen atoms in total. The van der Waals surface area contributed by atoms with E-state index in [2.05, 4.69) is 35.3 Å². The zero-order chi connectivity index (χ0) is 20.9. The fraction of sp³-hybridized carbons (Fsp3) is 0.500. The first kappa shape index (κ1) is 18.7. The van der Waals surface area contributed by atoms with E-state index < -0.39 is 11.6 Å². The number of rotatable bonds is 4. The molecule has 2 aliphatic rings. The smallest absolute Gasteiger partial charge is 0.326 e. The van der Waals surface area contributed by atoms with Crippen molar-refractivity contribution in [1.29, 1.82) is 0 Å². The number of alkyl halides is 2. The summed E-state index contributed by atoms with van der Waals surface area (Å²) in [6.07, 6.45) is 5.34. The lowest BCUT2D eigenvalue weighted by Crippen LogP contribution is -2.34. The first-order valence-electron chi connectivity index (χ1n) is 9.83. The second-order valence-corrected chi connectivity index (χ2v) is 7.80. The number of hydrogen-bond acceptors (Lipinski definition) is 7. The lowest BCUT2D eigenvalue weighted by atomic mass is 9.92. The van der Waals surface area contributed by atoms with Crippen LogP contribution in [-0.4, -0.2) is 52.7 Å². The van der Waals surface area contributed by atoms with Crippen molar-refractivity contribution in [1.82, 2.24) is 29.5 Å². The highest BCUT2D eigenvalue weighted by atomic mass is 19.3. The molecule has 0 atom stereocenters. The number of imidazole rings is 1. The number of hydrogen-bond donors (Lipinski definition) is 4. The third kappa shape index (κ3) is 3.76. The van der Waals surface area contributed by atoms with Gasteiger partial charge >= 0.3 is 5.69 Å². The molecular weight excluding hydrogens is 398 g/mol. The van der Waals surface area contributed by atoms with E-state index in [0.717, 1.165) is 12.8 Å². The molecule has 12 heteroatoms. The summed E-state index contributed by atoms with van der Waals surface area (Å²) in [7, 11) is 0. The van der Waals surface area contributed by atoms with Crippen molar-refractivity contribution in [2.24, 2.45) is 4.99 Å². The van der Waals surface area contributed by atoms with Gasteiger partial charge in [0, 0.05) is 24.1 Å². The van der Waals surface area contributed by atoms with E-state index in [9.17, 15) is 18.7 Å². The van der Waals surface area contributed by atoms with Crippen LogP contribution >= 0.6 is 0 Å². The minimum Gasteiger partial charge on any atom is -0.493 e. The number of nitrogens with zero attached hydrogens (tertiary/aromatic N) is 5. The molecule has 3 aromatic rings. The van der Waals surface area contributed by atoms with E-state index in [1.165, 1.54) is 16.8 Å². The Balaban J connectivity index is 1.56. The van der Waals surface area contributed by atoms with Gasteiger partial charge in [0.2, 0.25) is 17.8 Å². The second-order valence-electron chi connectivity index (χ2n) is 7.80. The third-order valence-electron chi connectivity index (χ3n) is 5.31. The standard InChI is InChI=1S/C18H20F2N8O2/c19-18(20)5-3-11(4-6-18)22-15-25-13-9(7-12-14(29)26-17(30)24-12)8-21-28(13)16(27-15)23-10-1-2-10/h7-8,10-11,29H,1-6H2,(H,22,23,27)(H2,24,26,30)/b9-7+. The maximum absolute atomic E-state index is 13.5. The molecule has 3 heterocycles. The Bertz CT molecular complexity index is 1260. The highest BCUT2D eigenvalue weighted by Gasteiger charge is 2.35. The third-order valence-corrected chi connectivity index (χ3v) is 5.31. The number of anilines is 1. The zero-order valence-electron chi connectivity index (χ0n) is 15.9. The van der Waals surface area contributed by atoms with Crippen molar-refractivity contribution >= 4 is 17.7 Å². The van der Waals surface area contributed by atoms with E-state index in [-0.39, 0.29) is 36.5 Å². The Morgan fingerprint density at radius 1 is 1.23 bits per heavy atom. The number of aromatic hydroxyl groups is 1. The van der Waals surface area contributed by atoms with Gasteiger partial charge in [0.25, 0.3) is 5.62 Å². The molecule has 0 aliphatic heterocycles. The van der Waals surface area contributed by atoms with Crippen LogP contribution in [-0.2, 0) is 0 Å². The van der Waals surface area contributed by atoms with Gasteiger partial charge in [-0.3, -0.25) is 4.98 Å². The van der Waals surface area contributed by atoms with E-state index >= 15 is 0 Å². The first-order valence-corrected chi connectivity index (χ1v) is 9.83. The van der Waals surface area contributed by atoms with Crippen molar-refractivity contribution in [3.8, 4) is 5.88 Å². The van der Waals surface area contributed by atoms with Crippen LogP contribution in [0.2, 0.25) is 0 Å². The van der Waals surface area contributed by atoms with Gasteiger partial charge in [0.05, 0.1) is 12.2 Å². The van der Waals surface area contributed by atoms with E-state index in [1.807, 2.05) is 0 Å². The highest BCUT2D eigenvalue weighted by molar-refractivity contribution is 5.57. The molecule has 0 bridgehead atoms. The molecule has 2 fully saturated rings. The molecule has 0 radical (unpaired) electrons. The number of nitrogens with one attached hydrogen (secondary N) is 3. The van der Waals surface area contributed by atoms with Crippen molar-refractivity contribution in [3.05, 3.63) is 33.2 Å². The topological polar surface area (TPSA) is 136 Å². The Hall–Kier alpha value is -3.31. The fourth-order valence-corrected chi connectivity index (χ4v) is 3.51.